The Hall–Kier alpha value is -2.54. The molecule has 6 N–H and O–H groups in total. The summed E-state index contributed by atoms with van der Waals surface area (Å²) in [5.41, 5.74) is -1.31. The highest BCUT2D eigenvalue weighted by Gasteiger charge is 2.47. The third-order valence-corrected chi connectivity index (χ3v) is 9.39. The highest BCUT2D eigenvalue weighted by atomic mass is 31.3. The Morgan fingerprint density at radius 1 is 1.00 bits per heavy atom. The predicted octanol–water partition coefficient (Wildman–Crippen LogP) is -0.829. The first kappa shape index (κ1) is 31.4. The first-order chi connectivity index (χ1) is 19.0. The minimum Gasteiger partial charge on any atom is -0.493 e. The maximum atomic E-state index is 13.2. The number of para-hydroxylation sites is 1. The van der Waals surface area contributed by atoms with E-state index in [1.165, 1.54) is 7.11 Å². The smallest absolute Gasteiger partial charge is 0.490 e. The Bertz CT molecular complexity index is 1690. The molecule has 41 heavy (non-hydrogen) atoms. The van der Waals surface area contributed by atoms with E-state index in [4.69, 9.17) is 23.8 Å². The second-order valence-corrected chi connectivity index (χ2v) is 12.7. The van der Waals surface area contributed by atoms with Crippen molar-refractivity contribution in [3.8, 4) is 5.75 Å². The van der Waals surface area contributed by atoms with E-state index in [-0.39, 0.29) is 17.8 Å². The second-order valence-electron chi connectivity index (χ2n) is 8.33. The van der Waals surface area contributed by atoms with E-state index in [0.29, 0.717) is 11.1 Å². The molecule has 1 saturated heterocycles. The van der Waals surface area contributed by atoms with E-state index in [1.807, 2.05) is 0 Å². The average Bonchev–Trinajstić information content (AvgIpc) is 3.39. The zero-order valence-electron chi connectivity index (χ0n) is 20.5. The molecular weight excluding hydrogens is 623 g/mol. The number of nitrogens with zero attached hydrogens (tertiary/aromatic N) is 3. The fourth-order valence-corrected chi connectivity index (χ4v) is 6.88. The van der Waals surface area contributed by atoms with E-state index >= 15 is 0 Å². The first-order valence-corrected chi connectivity index (χ1v) is 15.6. The number of aromatic nitrogens is 3. The molecule has 1 aliphatic heterocycles. The number of fused-ring (bicyclic) bond motifs is 1. The molecule has 0 radical (unpaired) electrons. The van der Waals surface area contributed by atoms with E-state index in [9.17, 15) is 43.3 Å². The Morgan fingerprint density at radius 2 is 1.71 bits per heavy atom. The van der Waals surface area contributed by atoms with E-state index in [1.54, 1.807) is 18.2 Å². The lowest BCUT2D eigenvalue weighted by atomic mass is 10.1. The van der Waals surface area contributed by atoms with Crippen LogP contribution in [0.3, 0.4) is 0 Å². The lowest BCUT2D eigenvalue weighted by molar-refractivity contribution is -0.0547. The molecule has 0 bridgehead atoms. The van der Waals surface area contributed by atoms with Crippen molar-refractivity contribution in [2.75, 3.05) is 13.7 Å². The van der Waals surface area contributed by atoms with Gasteiger partial charge in [0.2, 0.25) is 5.58 Å². The minimum atomic E-state index is -5.80. The van der Waals surface area contributed by atoms with Crippen molar-refractivity contribution in [3.05, 3.63) is 57.0 Å². The molecule has 226 valence electrons. The highest BCUT2D eigenvalue weighted by molar-refractivity contribution is 7.66. The molecule has 1 fully saturated rings. The maximum absolute atomic E-state index is 13.2. The summed E-state index contributed by atoms with van der Waals surface area (Å²) in [5.74, 6) is 0.359. The van der Waals surface area contributed by atoms with Crippen molar-refractivity contribution >= 4 is 34.4 Å². The van der Waals surface area contributed by atoms with Crippen LogP contribution in [-0.4, -0.2) is 76.1 Å². The van der Waals surface area contributed by atoms with E-state index in [2.05, 4.69) is 18.3 Å². The van der Waals surface area contributed by atoms with Gasteiger partial charge in [0.1, 0.15) is 24.0 Å². The molecule has 1 aliphatic rings. The Kier molecular flexibility index (Phi) is 8.90. The molecule has 23 heteroatoms. The lowest BCUT2D eigenvalue weighted by Gasteiger charge is -2.19. The minimum absolute atomic E-state index is 0.192. The summed E-state index contributed by atoms with van der Waals surface area (Å²) in [4.78, 5) is 61.7. The molecule has 4 rings (SSSR count). The van der Waals surface area contributed by atoms with Crippen LogP contribution in [0.1, 0.15) is 11.9 Å². The largest absolute Gasteiger partial charge is 0.493 e. The number of phosphoric ester groups is 1. The Morgan fingerprint density at radius 3 is 2.37 bits per heavy atom. The predicted molar refractivity (Wildman–Crippen MR) is 130 cm³/mol. The summed E-state index contributed by atoms with van der Waals surface area (Å²) in [6.07, 6.45) is -6.07. The first-order valence-electron chi connectivity index (χ1n) is 11.0. The number of phosphoric acid groups is 3. The van der Waals surface area contributed by atoms with Crippen LogP contribution < -0.4 is 16.0 Å². The van der Waals surface area contributed by atoms with Crippen LogP contribution in [0, 0.1) is 0 Å². The maximum Gasteiger partial charge on any atom is 0.490 e. The zero-order valence-corrected chi connectivity index (χ0v) is 23.2. The summed E-state index contributed by atoms with van der Waals surface area (Å²) in [5, 5.41) is 25.2. The van der Waals surface area contributed by atoms with Crippen LogP contribution in [0.25, 0.3) is 11.0 Å². The molecule has 3 aromatic rings. The molecule has 2 aromatic heterocycles. The van der Waals surface area contributed by atoms with Gasteiger partial charge in [-0.05, 0) is 12.1 Å². The summed E-state index contributed by atoms with van der Waals surface area (Å²) < 4.78 is 63.1. The van der Waals surface area contributed by atoms with Crippen molar-refractivity contribution in [2.45, 2.75) is 31.1 Å². The molecule has 3 unspecified atom stereocenters. The molecule has 0 amide bonds. The molecule has 20 nitrogen and oxygen atoms in total. The van der Waals surface area contributed by atoms with Crippen LogP contribution in [0.2, 0.25) is 0 Å². The summed E-state index contributed by atoms with van der Waals surface area (Å²) in [7, 11) is -15.6. The fourth-order valence-electron chi connectivity index (χ4n) is 3.85. The molecular formula is C18H22N3O17P3. The van der Waals surface area contributed by atoms with Gasteiger partial charge in [-0.1, -0.05) is 11.2 Å². The number of ether oxygens (including phenoxy) is 2. The third-order valence-electron chi connectivity index (χ3n) is 5.59. The van der Waals surface area contributed by atoms with Crippen molar-refractivity contribution in [1.82, 2.24) is 14.3 Å². The molecule has 1 aromatic carbocycles. The van der Waals surface area contributed by atoms with Crippen LogP contribution in [-0.2, 0) is 38.1 Å². The molecule has 6 atom stereocenters. The summed E-state index contributed by atoms with van der Waals surface area (Å²) >= 11 is 0. The quantitative estimate of drug-likeness (QED) is 0.139. The monoisotopic (exact) mass is 645 g/mol. The molecule has 0 aliphatic carbocycles. The standard InChI is InChI=1S/C18H22N3O17P3/c1-33-11-4-2-3-9-10(19-36-16(9)11)7-21-13(22)5-6-20(18(21)25)17-15(24)14(23)12(35-17)8-34-40(29,30)38-41(31,32)37-39(26,27)28/h2-6,12,14-15,17,23-24H,7-8H2,1H3,(H,29,30)(H,31,32)(H2,26,27,28)/t12-,14+,15?,17-/m1/s1. The fraction of sp³-hybridized carbons (Fsp3) is 0.389. The van der Waals surface area contributed by atoms with Crippen molar-refractivity contribution < 1.29 is 70.6 Å². The van der Waals surface area contributed by atoms with E-state index in [0.717, 1.165) is 21.4 Å². The van der Waals surface area contributed by atoms with Gasteiger partial charge in [-0.2, -0.15) is 8.62 Å². The summed E-state index contributed by atoms with van der Waals surface area (Å²) in [6.45, 7) is -1.47. The van der Waals surface area contributed by atoms with Gasteiger partial charge in [-0.25, -0.2) is 18.5 Å². The van der Waals surface area contributed by atoms with Gasteiger partial charge in [-0.3, -0.25) is 18.5 Å². The van der Waals surface area contributed by atoms with Crippen LogP contribution in [0.5, 0.6) is 5.75 Å². The van der Waals surface area contributed by atoms with Crippen molar-refractivity contribution in [2.24, 2.45) is 0 Å². The number of benzene rings is 1. The highest BCUT2D eigenvalue weighted by Crippen LogP contribution is 2.66. The van der Waals surface area contributed by atoms with Crippen LogP contribution in [0.15, 0.2) is 44.6 Å². The van der Waals surface area contributed by atoms with Gasteiger partial charge < -0.3 is 43.8 Å². The van der Waals surface area contributed by atoms with Gasteiger partial charge in [-0.15, -0.1) is 0 Å². The third kappa shape index (κ3) is 7.10. The van der Waals surface area contributed by atoms with Crippen molar-refractivity contribution in [1.29, 1.82) is 0 Å². The number of methoxy groups -OCH3 is 1. The van der Waals surface area contributed by atoms with Gasteiger partial charge >= 0.3 is 29.2 Å². The summed E-state index contributed by atoms with van der Waals surface area (Å²) in [6, 6.07) is 5.84. The molecule has 0 saturated carbocycles. The number of hydrogen-bond donors (Lipinski definition) is 6. The van der Waals surface area contributed by atoms with Gasteiger partial charge in [0.25, 0.3) is 5.56 Å². The average molecular weight is 645 g/mol. The number of aliphatic hydroxyl groups is 2. The number of aliphatic hydroxyl groups excluding tert-OH is 2. The van der Waals surface area contributed by atoms with E-state index < -0.39 is 65.9 Å². The zero-order chi connectivity index (χ0) is 30.3. The van der Waals surface area contributed by atoms with Crippen molar-refractivity contribution in [3.63, 3.8) is 0 Å². The topological polar surface area (TPSA) is 289 Å². The Balaban J connectivity index is 1.52. The molecule has 3 heterocycles. The van der Waals surface area contributed by atoms with Crippen LogP contribution in [0.4, 0.5) is 0 Å². The van der Waals surface area contributed by atoms with Crippen LogP contribution >= 0.6 is 23.5 Å². The second kappa shape index (κ2) is 11.6. The molecule has 0 spiro atoms. The number of hydrogen-bond acceptors (Lipinski definition) is 14. The normalized spacial score (nSPS) is 24.3. The van der Waals surface area contributed by atoms with Gasteiger partial charge in [0.05, 0.1) is 25.6 Å². The Labute approximate surface area is 227 Å². The van der Waals surface area contributed by atoms with Gasteiger partial charge in [0, 0.05) is 12.3 Å². The lowest BCUT2D eigenvalue weighted by Crippen LogP contribution is -2.43. The number of rotatable bonds is 11. The SMILES string of the molecule is COc1cccc2c(Cn3c(=O)ccn([C@@H]4O[C@H](COP(=O)(O)OP(=O)(O)OP(=O)(O)O)[C@H](O)C4O)c3=O)noc12. The van der Waals surface area contributed by atoms with Gasteiger partial charge in [0.15, 0.2) is 12.0 Å².